The standard InChI is InChI=1S/C49H30N2O/c1-3-13-32(14-4-1)43-30-40(48-36-17-8-7-12-31(36)22-25-42(48)50-43)38-19-11-21-47-49(38)41-29-34(24-27-46(41)52-47)33-23-26-45-39(28-33)37-18-9-10-20-44(37)51(45)35-15-5-2-6-16-35/h1-30H. The summed E-state index contributed by atoms with van der Waals surface area (Å²) < 4.78 is 8.94. The zero-order valence-corrected chi connectivity index (χ0v) is 28.1. The van der Waals surface area contributed by atoms with Gasteiger partial charge in [0.25, 0.3) is 0 Å². The van der Waals surface area contributed by atoms with Gasteiger partial charge in [-0.15, -0.1) is 0 Å². The van der Waals surface area contributed by atoms with Crippen molar-refractivity contribution in [1.82, 2.24) is 9.55 Å². The Morgan fingerprint density at radius 3 is 1.98 bits per heavy atom. The van der Waals surface area contributed by atoms with Crippen molar-refractivity contribution in [2.24, 2.45) is 0 Å². The highest BCUT2D eigenvalue weighted by Crippen LogP contribution is 2.44. The third kappa shape index (κ3) is 4.36. The van der Waals surface area contributed by atoms with Gasteiger partial charge < -0.3 is 8.98 Å². The van der Waals surface area contributed by atoms with E-state index in [2.05, 4.69) is 180 Å². The monoisotopic (exact) mass is 662 g/mol. The van der Waals surface area contributed by atoms with E-state index < -0.39 is 0 Å². The van der Waals surface area contributed by atoms with Crippen molar-refractivity contribution in [3.8, 4) is 39.2 Å². The molecule has 0 fully saturated rings. The van der Waals surface area contributed by atoms with Gasteiger partial charge in [0.15, 0.2) is 0 Å². The van der Waals surface area contributed by atoms with Crippen LogP contribution in [0.25, 0.3) is 105 Å². The molecule has 0 unspecified atom stereocenters. The minimum atomic E-state index is 0.873. The normalized spacial score (nSPS) is 11.8. The Morgan fingerprint density at radius 2 is 1.12 bits per heavy atom. The SMILES string of the molecule is c1ccc(-c2cc(-c3cccc4oc5ccc(-c6ccc7c(c6)c6ccccc6n7-c6ccccc6)cc5c34)c3c(ccc4ccccc43)n2)cc1. The highest BCUT2D eigenvalue weighted by Gasteiger charge is 2.19. The lowest BCUT2D eigenvalue weighted by Gasteiger charge is -2.14. The molecule has 0 spiro atoms. The number of fused-ring (bicyclic) bond motifs is 9. The van der Waals surface area contributed by atoms with Crippen LogP contribution in [0, 0.1) is 0 Å². The van der Waals surface area contributed by atoms with Gasteiger partial charge in [0.1, 0.15) is 11.2 Å². The van der Waals surface area contributed by atoms with Crippen molar-refractivity contribution in [1.29, 1.82) is 0 Å². The number of rotatable bonds is 4. The lowest BCUT2D eigenvalue weighted by Crippen LogP contribution is -1.92. The fourth-order valence-electron chi connectivity index (χ4n) is 8.21. The number of hydrogen-bond acceptors (Lipinski definition) is 2. The smallest absolute Gasteiger partial charge is 0.136 e. The van der Waals surface area contributed by atoms with Gasteiger partial charge in [-0.25, -0.2) is 4.98 Å². The maximum atomic E-state index is 6.58. The van der Waals surface area contributed by atoms with Crippen molar-refractivity contribution < 1.29 is 4.42 Å². The number of hydrogen-bond donors (Lipinski definition) is 0. The van der Waals surface area contributed by atoms with E-state index in [0.29, 0.717) is 0 Å². The van der Waals surface area contributed by atoms with E-state index in [1.165, 1.54) is 38.1 Å². The molecule has 8 aromatic carbocycles. The van der Waals surface area contributed by atoms with Crippen LogP contribution in [0.1, 0.15) is 0 Å². The van der Waals surface area contributed by atoms with E-state index in [9.17, 15) is 0 Å². The first-order valence-electron chi connectivity index (χ1n) is 17.7. The Balaban J connectivity index is 1.16. The first-order valence-corrected chi connectivity index (χ1v) is 17.7. The van der Waals surface area contributed by atoms with Crippen molar-refractivity contribution in [3.63, 3.8) is 0 Å². The third-order valence-corrected chi connectivity index (χ3v) is 10.6. The average molecular weight is 663 g/mol. The number of para-hydroxylation sites is 2. The van der Waals surface area contributed by atoms with Gasteiger partial charge in [0.2, 0.25) is 0 Å². The molecule has 0 aliphatic heterocycles. The minimum Gasteiger partial charge on any atom is -0.456 e. The fraction of sp³-hybridized carbons (Fsp3) is 0. The van der Waals surface area contributed by atoms with E-state index in [1.807, 2.05) is 6.07 Å². The van der Waals surface area contributed by atoms with Gasteiger partial charge in [-0.1, -0.05) is 121 Å². The van der Waals surface area contributed by atoms with Crippen LogP contribution in [-0.4, -0.2) is 9.55 Å². The molecule has 3 nitrogen and oxygen atoms in total. The summed E-state index contributed by atoms with van der Waals surface area (Å²) in [6, 6.07) is 64.9. The predicted molar refractivity (Wildman–Crippen MR) is 217 cm³/mol. The van der Waals surface area contributed by atoms with E-state index >= 15 is 0 Å². The quantitative estimate of drug-likeness (QED) is 0.176. The first-order chi connectivity index (χ1) is 25.8. The second-order valence-corrected chi connectivity index (χ2v) is 13.5. The van der Waals surface area contributed by atoms with E-state index in [1.54, 1.807) is 0 Å². The molecule has 0 atom stereocenters. The second kappa shape index (κ2) is 11.3. The lowest BCUT2D eigenvalue weighted by molar-refractivity contribution is 0.669. The van der Waals surface area contributed by atoms with Gasteiger partial charge in [-0.05, 0) is 93.7 Å². The largest absolute Gasteiger partial charge is 0.456 e. The molecule has 0 aliphatic carbocycles. The zero-order chi connectivity index (χ0) is 34.2. The number of pyridine rings is 1. The van der Waals surface area contributed by atoms with Crippen molar-refractivity contribution >= 4 is 65.4 Å². The second-order valence-electron chi connectivity index (χ2n) is 13.5. The van der Waals surface area contributed by atoms with Crippen LogP contribution < -0.4 is 0 Å². The maximum Gasteiger partial charge on any atom is 0.136 e. The van der Waals surface area contributed by atoms with Gasteiger partial charge in [-0.2, -0.15) is 0 Å². The molecule has 3 aromatic heterocycles. The Morgan fingerprint density at radius 1 is 0.404 bits per heavy atom. The molecule has 0 amide bonds. The van der Waals surface area contributed by atoms with Crippen molar-refractivity contribution in [3.05, 3.63) is 182 Å². The van der Waals surface area contributed by atoms with Gasteiger partial charge in [0, 0.05) is 38.2 Å². The van der Waals surface area contributed by atoms with Crippen molar-refractivity contribution in [2.45, 2.75) is 0 Å². The molecule has 0 saturated heterocycles. The first kappa shape index (κ1) is 28.8. The third-order valence-electron chi connectivity index (χ3n) is 10.6. The van der Waals surface area contributed by atoms with E-state index in [0.717, 1.165) is 66.5 Å². The van der Waals surface area contributed by atoms with Gasteiger partial charge in [-0.3, -0.25) is 0 Å². The average Bonchev–Trinajstić information content (AvgIpc) is 3.76. The Kier molecular flexibility index (Phi) is 6.25. The summed E-state index contributed by atoms with van der Waals surface area (Å²) in [5.41, 5.74) is 12.9. The van der Waals surface area contributed by atoms with Crippen LogP contribution in [0.3, 0.4) is 0 Å². The molecule has 0 radical (unpaired) electrons. The minimum absolute atomic E-state index is 0.873. The summed E-state index contributed by atoms with van der Waals surface area (Å²) in [7, 11) is 0. The topological polar surface area (TPSA) is 31.0 Å². The predicted octanol–water partition coefficient (Wildman–Crippen LogP) is 13.4. The highest BCUT2D eigenvalue weighted by atomic mass is 16.3. The molecular weight excluding hydrogens is 633 g/mol. The van der Waals surface area contributed by atoms with E-state index in [4.69, 9.17) is 9.40 Å². The molecule has 242 valence electrons. The molecule has 52 heavy (non-hydrogen) atoms. The summed E-state index contributed by atoms with van der Waals surface area (Å²) >= 11 is 0. The summed E-state index contributed by atoms with van der Waals surface area (Å²) in [5, 5.41) is 8.22. The summed E-state index contributed by atoms with van der Waals surface area (Å²) in [6.07, 6.45) is 0. The van der Waals surface area contributed by atoms with Gasteiger partial charge >= 0.3 is 0 Å². The van der Waals surface area contributed by atoms with Crippen LogP contribution in [0.4, 0.5) is 0 Å². The Bertz CT molecular complexity index is 3170. The molecule has 11 rings (SSSR count). The molecule has 3 heteroatoms. The van der Waals surface area contributed by atoms with Crippen LogP contribution in [0.15, 0.2) is 186 Å². The Labute approximate surface area is 299 Å². The molecule has 0 aliphatic rings. The summed E-state index contributed by atoms with van der Waals surface area (Å²) in [6.45, 7) is 0. The van der Waals surface area contributed by atoms with E-state index in [-0.39, 0.29) is 0 Å². The zero-order valence-electron chi connectivity index (χ0n) is 28.1. The molecule has 0 bridgehead atoms. The van der Waals surface area contributed by atoms with Gasteiger partial charge in [0.05, 0.1) is 22.2 Å². The number of aromatic nitrogens is 2. The van der Waals surface area contributed by atoms with Crippen LogP contribution in [0.2, 0.25) is 0 Å². The maximum absolute atomic E-state index is 6.58. The summed E-state index contributed by atoms with van der Waals surface area (Å²) in [5.74, 6) is 0. The van der Waals surface area contributed by atoms with Crippen LogP contribution in [0.5, 0.6) is 0 Å². The molecular formula is C49H30N2O. The molecule has 0 saturated carbocycles. The fourth-order valence-corrected chi connectivity index (χ4v) is 8.21. The summed E-state index contributed by atoms with van der Waals surface area (Å²) in [4.78, 5) is 5.21. The molecule has 0 N–H and O–H groups in total. The van der Waals surface area contributed by atoms with Crippen LogP contribution >= 0.6 is 0 Å². The molecule has 3 heterocycles. The number of furan rings is 1. The molecule has 11 aromatic rings. The van der Waals surface area contributed by atoms with Crippen molar-refractivity contribution in [2.75, 3.05) is 0 Å². The Hall–Kier alpha value is -6.97. The highest BCUT2D eigenvalue weighted by molar-refractivity contribution is 6.20. The van der Waals surface area contributed by atoms with Crippen LogP contribution in [-0.2, 0) is 0 Å². The number of benzene rings is 8. The lowest BCUT2D eigenvalue weighted by atomic mass is 9.91. The number of nitrogens with zero attached hydrogens (tertiary/aromatic N) is 2.